The van der Waals surface area contributed by atoms with E-state index in [-0.39, 0.29) is 6.79 Å². The van der Waals surface area contributed by atoms with Crippen LogP contribution in [-0.4, -0.2) is 26.4 Å². The van der Waals surface area contributed by atoms with E-state index in [1.165, 1.54) is 0 Å². The molecule has 116 valence electrons. The molecule has 1 aliphatic rings. The van der Waals surface area contributed by atoms with Crippen LogP contribution in [0.3, 0.4) is 0 Å². The minimum absolute atomic E-state index is 0.225. The number of fused-ring (bicyclic) bond motifs is 2. The Kier molecular flexibility index (Phi) is 2.75. The van der Waals surface area contributed by atoms with Crippen LogP contribution in [0.5, 0.6) is 11.5 Å². The number of hydrogen-bond donors (Lipinski definition) is 0. The van der Waals surface area contributed by atoms with Gasteiger partial charge in [0.1, 0.15) is 11.4 Å². The van der Waals surface area contributed by atoms with Gasteiger partial charge in [0, 0.05) is 29.7 Å². The largest absolute Gasteiger partial charge is 0.454 e. The monoisotopic (exact) mass is 316 g/mol. The molecule has 0 bridgehead atoms. The first-order chi connectivity index (χ1) is 11.9. The summed E-state index contributed by atoms with van der Waals surface area (Å²) in [6.45, 7) is 0.225. The fourth-order valence-electron chi connectivity index (χ4n) is 2.96. The van der Waals surface area contributed by atoms with Gasteiger partial charge in [0.2, 0.25) is 6.79 Å². The van der Waals surface area contributed by atoms with Gasteiger partial charge in [-0.05, 0) is 36.4 Å². The topological polar surface area (TPSA) is 61.5 Å². The first kappa shape index (κ1) is 13.1. The van der Waals surface area contributed by atoms with Crippen LogP contribution in [0.15, 0.2) is 61.1 Å². The number of pyridine rings is 1. The highest BCUT2D eigenvalue weighted by molar-refractivity contribution is 5.85. The molecule has 0 saturated heterocycles. The van der Waals surface area contributed by atoms with Crippen molar-refractivity contribution < 1.29 is 9.47 Å². The highest BCUT2D eigenvalue weighted by Gasteiger charge is 2.24. The Hall–Kier alpha value is -3.41. The van der Waals surface area contributed by atoms with Crippen LogP contribution in [0.4, 0.5) is 0 Å². The van der Waals surface area contributed by atoms with Gasteiger partial charge >= 0.3 is 0 Å². The Labute approximate surface area is 137 Å². The minimum Gasteiger partial charge on any atom is -0.454 e. The number of rotatable bonds is 2. The lowest BCUT2D eigenvalue weighted by Gasteiger charge is -2.07. The molecule has 3 aromatic heterocycles. The first-order valence-corrected chi connectivity index (χ1v) is 7.55. The van der Waals surface area contributed by atoms with Crippen LogP contribution in [0, 0.1) is 0 Å². The predicted molar refractivity (Wildman–Crippen MR) is 87.8 cm³/mol. The molecule has 0 saturated carbocycles. The molecule has 0 radical (unpaired) electrons. The molecule has 6 nitrogen and oxygen atoms in total. The molecule has 4 aromatic rings. The van der Waals surface area contributed by atoms with Crippen molar-refractivity contribution in [2.24, 2.45) is 0 Å². The number of aromatic nitrogens is 4. The number of nitrogens with zero attached hydrogens (tertiary/aromatic N) is 4. The van der Waals surface area contributed by atoms with Gasteiger partial charge in [0.15, 0.2) is 17.1 Å². The average Bonchev–Trinajstić information content (AvgIpc) is 3.26. The van der Waals surface area contributed by atoms with E-state index < -0.39 is 0 Å². The van der Waals surface area contributed by atoms with E-state index in [1.54, 1.807) is 18.6 Å². The van der Waals surface area contributed by atoms with Crippen molar-refractivity contribution in [3.8, 4) is 34.0 Å². The maximum absolute atomic E-state index is 5.67. The molecule has 1 aliphatic heterocycles. The number of imidazole rings is 1. The highest BCUT2D eigenvalue weighted by atomic mass is 16.7. The van der Waals surface area contributed by atoms with Crippen LogP contribution in [0.25, 0.3) is 28.2 Å². The van der Waals surface area contributed by atoms with E-state index in [0.29, 0.717) is 0 Å². The molecule has 0 amide bonds. The molecule has 5 rings (SSSR count). The molecule has 0 N–H and O–H groups in total. The third kappa shape index (κ3) is 1.86. The van der Waals surface area contributed by atoms with Crippen LogP contribution in [0.2, 0.25) is 0 Å². The molecular formula is C18H12N4O2. The van der Waals surface area contributed by atoms with Crippen molar-refractivity contribution in [2.45, 2.75) is 0 Å². The van der Waals surface area contributed by atoms with Crippen molar-refractivity contribution in [3.05, 3.63) is 61.1 Å². The summed E-state index contributed by atoms with van der Waals surface area (Å²) in [6.07, 6.45) is 5.27. The second-order valence-corrected chi connectivity index (χ2v) is 5.38. The molecule has 0 spiro atoms. The molecule has 6 heteroatoms. The van der Waals surface area contributed by atoms with Crippen molar-refractivity contribution >= 4 is 5.65 Å². The lowest BCUT2D eigenvalue weighted by molar-refractivity contribution is 0.174. The first-order valence-electron chi connectivity index (χ1n) is 7.55. The lowest BCUT2D eigenvalue weighted by Crippen LogP contribution is -1.95. The van der Waals surface area contributed by atoms with Crippen LogP contribution >= 0.6 is 0 Å². The zero-order chi connectivity index (χ0) is 15.9. The van der Waals surface area contributed by atoms with Crippen molar-refractivity contribution in [1.82, 2.24) is 19.6 Å². The Balaban J connectivity index is 1.85. The summed E-state index contributed by atoms with van der Waals surface area (Å²) in [4.78, 5) is 8.88. The summed E-state index contributed by atoms with van der Waals surface area (Å²) in [6, 6.07) is 13.5. The van der Waals surface area contributed by atoms with Crippen LogP contribution in [0.1, 0.15) is 0 Å². The maximum Gasteiger partial charge on any atom is 0.231 e. The lowest BCUT2D eigenvalue weighted by atomic mass is 10.0. The summed E-state index contributed by atoms with van der Waals surface area (Å²) >= 11 is 0. The fraction of sp³-hybridized carbons (Fsp3) is 0.0556. The molecule has 1 aromatic carbocycles. The van der Waals surface area contributed by atoms with E-state index in [1.807, 2.05) is 47.0 Å². The quantitative estimate of drug-likeness (QED) is 0.568. The average molecular weight is 316 g/mol. The van der Waals surface area contributed by atoms with E-state index >= 15 is 0 Å². The third-order valence-electron chi connectivity index (χ3n) is 4.00. The van der Waals surface area contributed by atoms with Gasteiger partial charge in [-0.3, -0.25) is 4.98 Å². The van der Waals surface area contributed by atoms with Gasteiger partial charge in [-0.1, -0.05) is 6.07 Å². The Morgan fingerprint density at radius 2 is 1.83 bits per heavy atom. The number of benzene rings is 1. The van der Waals surface area contributed by atoms with Gasteiger partial charge < -0.3 is 9.47 Å². The van der Waals surface area contributed by atoms with Gasteiger partial charge in [0.05, 0.1) is 0 Å². The highest BCUT2D eigenvalue weighted by Crippen LogP contribution is 2.43. The van der Waals surface area contributed by atoms with E-state index in [2.05, 4.69) is 10.1 Å². The third-order valence-corrected chi connectivity index (χ3v) is 4.00. The standard InChI is InChI=1S/C18H12N4O2/c1-3-13(18-14(4-1)23-11-24-18)16-17(12-6-9-19-10-7-12)22-15(21-16)5-2-8-20-22/h1-10H,11H2. The molecule has 0 atom stereocenters. The van der Waals surface area contributed by atoms with E-state index in [9.17, 15) is 0 Å². The number of para-hydroxylation sites is 1. The molecule has 24 heavy (non-hydrogen) atoms. The molecule has 0 unspecified atom stereocenters. The van der Waals surface area contributed by atoms with Crippen molar-refractivity contribution in [1.29, 1.82) is 0 Å². The maximum atomic E-state index is 5.67. The number of ether oxygens (including phenoxy) is 2. The molecule has 4 heterocycles. The summed E-state index contributed by atoms with van der Waals surface area (Å²) in [5.41, 5.74) is 4.36. The second kappa shape index (κ2) is 5.06. The normalized spacial score (nSPS) is 12.7. The number of hydrogen-bond acceptors (Lipinski definition) is 5. The van der Waals surface area contributed by atoms with E-state index in [0.717, 1.165) is 39.7 Å². The van der Waals surface area contributed by atoms with Crippen molar-refractivity contribution in [2.75, 3.05) is 6.79 Å². The van der Waals surface area contributed by atoms with E-state index in [4.69, 9.17) is 14.5 Å². The minimum atomic E-state index is 0.225. The Morgan fingerprint density at radius 3 is 2.75 bits per heavy atom. The van der Waals surface area contributed by atoms with Crippen LogP contribution in [-0.2, 0) is 0 Å². The van der Waals surface area contributed by atoms with Gasteiger partial charge in [-0.2, -0.15) is 5.10 Å². The van der Waals surface area contributed by atoms with Crippen molar-refractivity contribution in [3.63, 3.8) is 0 Å². The summed E-state index contributed by atoms with van der Waals surface area (Å²) in [5.74, 6) is 1.45. The summed E-state index contributed by atoms with van der Waals surface area (Å²) < 4.78 is 13.0. The molecular weight excluding hydrogens is 304 g/mol. The van der Waals surface area contributed by atoms with Gasteiger partial charge in [-0.25, -0.2) is 9.50 Å². The Morgan fingerprint density at radius 1 is 0.917 bits per heavy atom. The summed E-state index contributed by atoms with van der Waals surface area (Å²) in [5, 5.41) is 4.46. The SMILES string of the molecule is c1cc2c(c(-c3nc4cccnn4c3-c3ccncc3)c1)OCO2. The molecule has 0 fully saturated rings. The van der Waals surface area contributed by atoms with Gasteiger partial charge in [0.25, 0.3) is 0 Å². The van der Waals surface area contributed by atoms with Crippen LogP contribution < -0.4 is 9.47 Å². The molecule has 0 aliphatic carbocycles. The van der Waals surface area contributed by atoms with Gasteiger partial charge in [-0.15, -0.1) is 0 Å². The fourth-order valence-corrected chi connectivity index (χ4v) is 2.96. The zero-order valence-electron chi connectivity index (χ0n) is 12.6. The second-order valence-electron chi connectivity index (χ2n) is 5.38. The zero-order valence-corrected chi connectivity index (χ0v) is 12.6. The predicted octanol–water partition coefficient (Wildman–Crippen LogP) is 3.19. The summed E-state index contributed by atoms with van der Waals surface area (Å²) in [7, 11) is 0. The Bertz CT molecular complexity index is 1040. The smallest absolute Gasteiger partial charge is 0.231 e.